The molecule has 0 aliphatic heterocycles. The SMILES string of the molecule is CC(C)C1CC2C([O-])C3CC(C(C)C)C(C(C)C)CC3C([O-])C2CC1C(C)C.[Li+].[Li+]. The van der Waals surface area contributed by atoms with Crippen LogP contribution in [0.2, 0.25) is 0 Å². The van der Waals surface area contributed by atoms with Gasteiger partial charge in [-0.1, -0.05) is 79.1 Å². The van der Waals surface area contributed by atoms with E-state index >= 15 is 0 Å². The van der Waals surface area contributed by atoms with E-state index in [9.17, 15) is 10.2 Å². The van der Waals surface area contributed by atoms with Gasteiger partial charge in [-0.25, -0.2) is 0 Å². The van der Waals surface area contributed by atoms with Gasteiger partial charge in [0.1, 0.15) is 0 Å². The Balaban J connectivity index is 0.00000225. The van der Waals surface area contributed by atoms with E-state index in [1.807, 2.05) is 0 Å². The van der Waals surface area contributed by atoms with Crippen LogP contribution in [0.4, 0.5) is 0 Å². The Hall–Kier alpha value is 1.11. The van der Waals surface area contributed by atoms with E-state index in [1.54, 1.807) is 0 Å². The average molecular weight is 405 g/mol. The molecule has 3 rings (SSSR count). The molecule has 0 saturated heterocycles. The molecule has 0 spiro atoms. The van der Waals surface area contributed by atoms with Crippen LogP contribution in [0.25, 0.3) is 0 Å². The van der Waals surface area contributed by atoms with E-state index < -0.39 is 12.2 Å². The molecule has 3 aliphatic carbocycles. The van der Waals surface area contributed by atoms with Gasteiger partial charge >= 0.3 is 37.7 Å². The number of hydrogen-bond acceptors (Lipinski definition) is 2. The largest absolute Gasteiger partial charge is 1.00 e. The summed E-state index contributed by atoms with van der Waals surface area (Å²) in [5.41, 5.74) is 0. The maximum atomic E-state index is 13.8. The van der Waals surface area contributed by atoms with Crippen molar-refractivity contribution in [3.63, 3.8) is 0 Å². The number of fused-ring (bicyclic) bond motifs is 2. The summed E-state index contributed by atoms with van der Waals surface area (Å²) in [7, 11) is 0. The molecule has 164 valence electrons. The summed E-state index contributed by atoms with van der Waals surface area (Å²) in [5, 5.41) is 27.5. The summed E-state index contributed by atoms with van der Waals surface area (Å²) >= 11 is 0. The van der Waals surface area contributed by atoms with Crippen LogP contribution in [0, 0.1) is 71.0 Å². The van der Waals surface area contributed by atoms with Crippen molar-refractivity contribution < 1.29 is 47.9 Å². The van der Waals surface area contributed by atoms with Crippen LogP contribution in [0.15, 0.2) is 0 Å². The first-order valence-corrected chi connectivity index (χ1v) is 12.4. The maximum absolute atomic E-state index is 13.8. The number of hydrogen-bond donors (Lipinski definition) is 0. The van der Waals surface area contributed by atoms with Crippen molar-refractivity contribution in [1.82, 2.24) is 0 Å². The Kier molecular flexibility index (Phi) is 11.2. The average Bonchev–Trinajstić information content (AvgIpc) is 2.63. The zero-order chi connectivity index (χ0) is 20.9. The van der Waals surface area contributed by atoms with Crippen LogP contribution in [0.1, 0.15) is 81.1 Å². The van der Waals surface area contributed by atoms with Gasteiger partial charge in [-0.05, 0) is 73.0 Å². The molecule has 0 aromatic rings. The van der Waals surface area contributed by atoms with Crippen LogP contribution in [-0.4, -0.2) is 12.2 Å². The third-order valence-corrected chi connectivity index (χ3v) is 9.49. The van der Waals surface area contributed by atoms with Crippen molar-refractivity contribution in [3.8, 4) is 0 Å². The summed E-state index contributed by atoms with van der Waals surface area (Å²) < 4.78 is 0. The first-order valence-electron chi connectivity index (χ1n) is 12.4. The Morgan fingerprint density at radius 2 is 0.600 bits per heavy atom. The molecule has 0 heterocycles. The van der Waals surface area contributed by atoms with E-state index in [-0.39, 0.29) is 61.4 Å². The summed E-state index contributed by atoms with van der Waals surface area (Å²) in [4.78, 5) is 0. The van der Waals surface area contributed by atoms with Gasteiger partial charge in [0.25, 0.3) is 0 Å². The van der Waals surface area contributed by atoms with Crippen molar-refractivity contribution in [3.05, 3.63) is 0 Å². The molecule has 2 nitrogen and oxygen atoms in total. The third-order valence-electron chi connectivity index (χ3n) is 9.49. The fourth-order valence-electron chi connectivity index (χ4n) is 7.87. The molecular formula is C26H46Li2O2. The second kappa shape index (κ2) is 11.5. The molecule has 8 unspecified atom stereocenters. The maximum Gasteiger partial charge on any atom is 1.00 e. The van der Waals surface area contributed by atoms with Gasteiger partial charge in [0.2, 0.25) is 0 Å². The van der Waals surface area contributed by atoms with Crippen molar-refractivity contribution in [2.75, 3.05) is 0 Å². The van der Waals surface area contributed by atoms with Crippen LogP contribution >= 0.6 is 0 Å². The summed E-state index contributed by atoms with van der Waals surface area (Å²) in [6.45, 7) is 18.6. The van der Waals surface area contributed by atoms with Crippen LogP contribution < -0.4 is 47.9 Å². The number of rotatable bonds is 4. The Morgan fingerprint density at radius 1 is 0.433 bits per heavy atom. The van der Waals surface area contributed by atoms with Crippen molar-refractivity contribution in [2.45, 2.75) is 93.3 Å². The van der Waals surface area contributed by atoms with E-state index in [0.29, 0.717) is 47.3 Å². The van der Waals surface area contributed by atoms with Crippen LogP contribution in [0.5, 0.6) is 0 Å². The van der Waals surface area contributed by atoms with E-state index in [2.05, 4.69) is 55.4 Å². The molecule has 8 atom stereocenters. The monoisotopic (exact) mass is 404 g/mol. The smallest absolute Gasteiger partial charge is 0.852 e. The molecular weight excluding hydrogens is 358 g/mol. The first-order chi connectivity index (χ1) is 13.0. The van der Waals surface area contributed by atoms with Gasteiger partial charge in [0, 0.05) is 0 Å². The van der Waals surface area contributed by atoms with Gasteiger partial charge in [-0.3, -0.25) is 0 Å². The third kappa shape index (κ3) is 5.43. The molecule has 0 bridgehead atoms. The molecule has 0 radical (unpaired) electrons. The molecule has 4 heteroatoms. The van der Waals surface area contributed by atoms with Gasteiger partial charge in [0.05, 0.1) is 0 Å². The molecule has 3 aliphatic rings. The molecule has 30 heavy (non-hydrogen) atoms. The van der Waals surface area contributed by atoms with Crippen molar-refractivity contribution >= 4 is 0 Å². The van der Waals surface area contributed by atoms with Gasteiger partial charge in [-0.2, -0.15) is 0 Å². The molecule has 0 aromatic carbocycles. The second-order valence-corrected chi connectivity index (χ2v) is 12.2. The quantitative estimate of drug-likeness (QED) is 0.542. The van der Waals surface area contributed by atoms with Crippen LogP contribution in [-0.2, 0) is 0 Å². The molecule has 0 aromatic heterocycles. The second-order valence-electron chi connectivity index (χ2n) is 12.2. The predicted octanol–water partition coefficient (Wildman–Crippen LogP) is -1.39. The van der Waals surface area contributed by atoms with Crippen molar-refractivity contribution in [2.24, 2.45) is 71.0 Å². The summed E-state index contributed by atoms with van der Waals surface area (Å²) in [5.74, 6) is 5.47. The molecule has 0 N–H and O–H groups in total. The zero-order valence-corrected chi connectivity index (χ0v) is 21.7. The Labute approximate surface area is 211 Å². The Morgan fingerprint density at radius 3 is 0.733 bits per heavy atom. The molecule has 0 amide bonds. The fourth-order valence-corrected chi connectivity index (χ4v) is 7.87. The standard InChI is InChI=1S/C26H46O2.2Li/c1-13(2)17-9-21-22(10-18(17)14(3)4)26(28)24-12-20(16(7)8)19(15(5)6)11-23(24)25(21)27;;/h13-26H,9-12H2,1-8H3;;/q-2;2*+1. The zero-order valence-electron chi connectivity index (χ0n) is 21.7. The van der Waals surface area contributed by atoms with Crippen molar-refractivity contribution in [1.29, 1.82) is 0 Å². The van der Waals surface area contributed by atoms with Gasteiger partial charge in [-0.15, -0.1) is 12.2 Å². The topological polar surface area (TPSA) is 46.1 Å². The summed E-state index contributed by atoms with van der Waals surface area (Å²) in [6, 6.07) is 0. The van der Waals surface area contributed by atoms with Gasteiger partial charge in [0.15, 0.2) is 0 Å². The normalized spacial score (nSPS) is 43.8. The summed E-state index contributed by atoms with van der Waals surface area (Å²) in [6.07, 6.45) is 3.07. The predicted molar refractivity (Wildman–Crippen MR) is 113 cm³/mol. The first kappa shape index (κ1) is 29.1. The van der Waals surface area contributed by atoms with Gasteiger partial charge < -0.3 is 10.2 Å². The van der Waals surface area contributed by atoms with E-state index in [1.165, 1.54) is 0 Å². The minimum absolute atomic E-state index is 0. The molecule has 3 fully saturated rings. The van der Waals surface area contributed by atoms with E-state index in [4.69, 9.17) is 0 Å². The van der Waals surface area contributed by atoms with Crippen LogP contribution in [0.3, 0.4) is 0 Å². The minimum Gasteiger partial charge on any atom is -0.852 e. The minimum atomic E-state index is -0.496. The fraction of sp³-hybridized carbons (Fsp3) is 1.00. The molecule has 3 saturated carbocycles. The Bertz CT molecular complexity index is 431. The van der Waals surface area contributed by atoms with E-state index in [0.717, 1.165) is 25.7 Å².